The number of hydrogen-bond donors (Lipinski definition) is 2. The third-order valence-corrected chi connectivity index (χ3v) is 4.07. The lowest BCUT2D eigenvalue weighted by atomic mass is 9.94. The van der Waals surface area contributed by atoms with E-state index >= 15 is 0 Å². The lowest BCUT2D eigenvalue weighted by Crippen LogP contribution is -2.38. The first-order valence-corrected chi connectivity index (χ1v) is 6.45. The molecule has 0 radical (unpaired) electrons. The second-order valence-electron chi connectivity index (χ2n) is 5.40. The van der Waals surface area contributed by atoms with Gasteiger partial charge in [0.15, 0.2) is 0 Å². The van der Waals surface area contributed by atoms with Crippen molar-refractivity contribution in [1.29, 1.82) is 0 Å². The van der Waals surface area contributed by atoms with Gasteiger partial charge in [0.2, 0.25) is 5.91 Å². The van der Waals surface area contributed by atoms with Crippen LogP contribution in [0.5, 0.6) is 0 Å². The zero-order valence-corrected chi connectivity index (χ0v) is 10.3. The molecule has 2 fully saturated rings. The van der Waals surface area contributed by atoms with Crippen molar-refractivity contribution in [3.63, 3.8) is 0 Å². The summed E-state index contributed by atoms with van der Waals surface area (Å²) in [4.78, 5) is 14.3. The van der Waals surface area contributed by atoms with Crippen molar-refractivity contribution in [2.24, 2.45) is 0 Å². The highest BCUT2D eigenvalue weighted by atomic mass is 16.3. The van der Waals surface area contributed by atoms with Crippen molar-refractivity contribution in [3.05, 3.63) is 29.8 Å². The van der Waals surface area contributed by atoms with Crippen LogP contribution in [0.25, 0.3) is 0 Å². The summed E-state index contributed by atoms with van der Waals surface area (Å²) in [5.74, 6) is 0.170. The normalized spacial score (nSPS) is 25.2. The zero-order valence-electron chi connectivity index (χ0n) is 10.3. The number of nitrogen functional groups attached to an aromatic ring is 1. The molecule has 1 saturated heterocycles. The van der Waals surface area contributed by atoms with E-state index in [9.17, 15) is 9.90 Å². The van der Waals surface area contributed by atoms with E-state index in [1.165, 1.54) is 0 Å². The van der Waals surface area contributed by atoms with Crippen LogP contribution in [0.3, 0.4) is 0 Å². The molecule has 3 N–H and O–H groups in total. The Morgan fingerprint density at radius 3 is 2.50 bits per heavy atom. The van der Waals surface area contributed by atoms with Gasteiger partial charge in [0.25, 0.3) is 0 Å². The Labute approximate surface area is 106 Å². The van der Waals surface area contributed by atoms with Gasteiger partial charge >= 0.3 is 0 Å². The average molecular weight is 246 g/mol. The van der Waals surface area contributed by atoms with Crippen LogP contribution in [0, 0.1) is 0 Å². The Kier molecular flexibility index (Phi) is 2.55. The molecule has 3 rings (SSSR count). The fraction of sp³-hybridized carbons (Fsp3) is 0.500. The van der Waals surface area contributed by atoms with Crippen LogP contribution < -0.4 is 5.73 Å². The topological polar surface area (TPSA) is 66.6 Å². The first-order chi connectivity index (χ1) is 8.62. The van der Waals surface area contributed by atoms with Gasteiger partial charge in [0.05, 0.1) is 11.5 Å². The van der Waals surface area contributed by atoms with Gasteiger partial charge < -0.3 is 15.7 Å². The number of rotatable bonds is 2. The van der Waals surface area contributed by atoms with Crippen molar-refractivity contribution in [2.45, 2.75) is 30.8 Å². The second kappa shape index (κ2) is 3.99. The van der Waals surface area contributed by atoms with Crippen LogP contribution >= 0.6 is 0 Å². The number of hydrogen-bond acceptors (Lipinski definition) is 3. The van der Waals surface area contributed by atoms with E-state index in [4.69, 9.17) is 5.73 Å². The van der Waals surface area contributed by atoms with Crippen LogP contribution in [0.1, 0.15) is 24.8 Å². The van der Waals surface area contributed by atoms with Gasteiger partial charge in [-0.05, 0) is 37.0 Å². The molecule has 1 aromatic carbocycles. The third-order valence-electron chi connectivity index (χ3n) is 4.07. The minimum Gasteiger partial charge on any atom is -0.399 e. The van der Waals surface area contributed by atoms with Gasteiger partial charge in [-0.1, -0.05) is 12.1 Å². The summed E-state index contributed by atoms with van der Waals surface area (Å²) in [6, 6.07) is 7.60. The molecule has 96 valence electrons. The van der Waals surface area contributed by atoms with E-state index in [0.29, 0.717) is 19.5 Å². The lowest BCUT2D eigenvalue weighted by molar-refractivity contribution is -0.133. The summed E-state index contributed by atoms with van der Waals surface area (Å²) < 4.78 is 0. The van der Waals surface area contributed by atoms with Gasteiger partial charge in [0.1, 0.15) is 0 Å². The van der Waals surface area contributed by atoms with E-state index in [2.05, 4.69) is 0 Å². The molecule has 18 heavy (non-hydrogen) atoms. The molecule has 2 aliphatic rings. The summed E-state index contributed by atoms with van der Waals surface area (Å²) in [7, 11) is 0. The van der Waals surface area contributed by atoms with Gasteiger partial charge in [0, 0.05) is 18.8 Å². The molecule has 1 atom stereocenters. The summed E-state index contributed by atoms with van der Waals surface area (Å²) >= 11 is 0. The molecule has 1 aromatic rings. The van der Waals surface area contributed by atoms with E-state index in [1.54, 1.807) is 4.90 Å². The quantitative estimate of drug-likeness (QED) is 0.762. The fourth-order valence-electron chi connectivity index (χ4n) is 2.78. The predicted molar refractivity (Wildman–Crippen MR) is 69.0 cm³/mol. The number of aliphatic hydroxyl groups is 1. The molecule has 4 nitrogen and oxygen atoms in total. The standard InChI is InChI=1S/C14H18N2O2/c15-11-3-1-10(2-4-11)14(6-7-14)13(18)16-8-5-12(17)9-16/h1-4,12,17H,5-9,15H2. The number of carbonyl (C=O) groups is 1. The Morgan fingerprint density at radius 1 is 1.33 bits per heavy atom. The maximum Gasteiger partial charge on any atom is 0.233 e. The first-order valence-electron chi connectivity index (χ1n) is 6.45. The maximum absolute atomic E-state index is 12.5. The summed E-state index contributed by atoms with van der Waals surface area (Å²) in [6.45, 7) is 1.16. The van der Waals surface area contributed by atoms with Crippen LogP contribution in [0.4, 0.5) is 5.69 Å². The van der Waals surface area contributed by atoms with Crippen LogP contribution in [-0.4, -0.2) is 35.1 Å². The SMILES string of the molecule is Nc1ccc(C2(C(=O)N3CCC(O)C3)CC2)cc1. The fourth-order valence-corrected chi connectivity index (χ4v) is 2.78. The molecule has 0 aromatic heterocycles. The number of carbonyl (C=O) groups excluding carboxylic acids is 1. The summed E-state index contributed by atoms with van der Waals surface area (Å²) in [6.07, 6.45) is 2.16. The van der Waals surface area contributed by atoms with Gasteiger partial charge in [-0.3, -0.25) is 4.79 Å². The molecule has 1 amide bonds. The first kappa shape index (κ1) is 11.5. The Hall–Kier alpha value is -1.55. The Morgan fingerprint density at radius 2 is 2.00 bits per heavy atom. The van der Waals surface area contributed by atoms with Crippen molar-refractivity contribution < 1.29 is 9.90 Å². The van der Waals surface area contributed by atoms with E-state index < -0.39 is 0 Å². The summed E-state index contributed by atoms with van der Waals surface area (Å²) in [5, 5.41) is 9.53. The van der Waals surface area contributed by atoms with Crippen molar-refractivity contribution in [3.8, 4) is 0 Å². The molecular formula is C14H18N2O2. The minimum absolute atomic E-state index is 0.170. The molecule has 0 spiro atoms. The van der Waals surface area contributed by atoms with Crippen LogP contribution in [0.2, 0.25) is 0 Å². The van der Waals surface area contributed by atoms with Crippen LogP contribution in [-0.2, 0) is 10.2 Å². The monoisotopic (exact) mass is 246 g/mol. The van der Waals surface area contributed by atoms with Gasteiger partial charge in [-0.15, -0.1) is 0 Å². The number of benzene rings is 1. The van der Waals surface area contributed by atoms with Crippen LogP contribution in [0.15, 0.2) is 24.3 Å². The molecular weight excluding hydrogens is 228 g/mol. The smallest absolute Gasteiger partial charge is 0.233 e. The number of aliphatic hydroxyl groups excluding tert-OH is 1. The molecule has 4 heteroatoms. The molecule has 1 aliphatic carbocycles. The number of nitrogens with two attached hydrogens (primary N) is 1. The molecule has 1 aliphatic heterocycles. The number of amides is 1. The zero-order chi connectivity index (χ0) is 12.8. The second-order valence-corrected chi connectivity index (χ2v) is 5.40. The molecule has 1 heterocycles. The highest BCUT2D eigenvalue weighted by molar-refractivity contribution is 5.91. The summed E-state index contributed by atoms with van der Waals surface area (Å²) in [5.41, 5.74) is 7.12. The third kappa shape index (κ3) is 1.77. The number of β-amino-alcohol motifs (C(OH)–C–C–N with tert-alkyl or cyclic N) is 1. The van der Waals surface area contributed by atoms with Crippen molar-refractivity contribution >= 4 is 11.6 Å². The largest absolute Gasteiger partial charge is 0.399 e. The average Bonchev–Trinajstić information content (AvgIpc) is 3.06. The van der Waals surface area contributed by atoms with E-state index in [-0.39, 0.29) is 17.4 Å². The van der Waals surface area contributed by atoms with Gasteiger partial charge in [-0.25, -0.2) is 0 Å². The number of nitrogens with zero attached hydrogens (tertiary/aromatic N) is 1. The molecule has 1 saturated carbocycles. The highest BCUT2D eigenvalue weighted by Gasteiger charge is 2.53. The van der Waals surface area contributed by atoms with Crippen molar-refractivity contribution in [1.82, 2.24) is 4.90 Å². The van der Waals surface area contributed by atoms with E-state index in [0.717, 1.165) is 24.1 Å². The highest BCUT2D eigenvalue weighted by Crippen LogP contribution is 2.50. The lowest BCUT2D eigenvalue weighted by Gasteiger charge is -2.23. The molecule has 0 bridgehead atoms. The maximum atomic E-state index is 12.5. The Bertz CT molecular complexity index is 465. The predicted octanol–water partition coefficient (Wildman–Crippen LogP) is 0.894. The number of likely N-dealkylation sites (tertiary alicyclic amines) is 1. The number of anilines is 1. The molecule has 1 unspecified atom stereocenters. The van der Waals surface area contributed by atoms with Gasteiger partial charge in [-0.2, -0.15) is 0 Å². The van der Waals surface area contributed by atoms with E-state index in [1.807, 2.05) is 24.3 Å². The van der Waals surface area contributed by atoms with Crippen molar-refractivity contribution in [2.75, 3.05) is 18.8 Å². The Balaban J connectivity index is 1.82. The minimum atomic E-state index is -0.351.